The van der Waals surface area contributed by atoms with Crippen LogP contribution < -0.4 is 15.2 Å². The topological polar surface area (TPSA) is 44.5 Å². The van der Waals surface area contributed by atoms with Gasteiger partial charge in [0.25, 0.3) is 0 Å². The van der Waals surface area contributed by atoms with Gasteiger partial charge >= 0.3 is 0 Å². The highest BCUT2D eigenvalue weighted by Gasteiger charge is 2.07. The highest BCUT2D eigenvalue weighted by atomic mass is 16.5. The second-order valence-corrected chi connectivity index (χ2v) is 8.26. The Morgan fingerprint density at radius 3 is 1.62 bits per heavy atom. The van der Waals surface area contributed by atoms with Crippen molar-refractivity contribution >= 4 is 0 Å². The molecule has 0 aromatic heterocycles. The van der Waals surface area contributed by atoms with E-state index < -0.39 is 0 Å². The Hall–Kier alpha value is -1.22. The first-order valence-corrected chi connectivity index (χ1v) is 12.4. The van der Waals surface area contributed by atoms with Crippen LogP contribution in [0.3, 0.4) is 0 Å². The van der Waals surface area contributed by atoms with Crippen LogP contribution in [0.1, 0.15) is 109 Å². The molecule has 0 spiro atoms. The van der Waals surface area contributed by atoms with E-state index in [9.17, 15) is 0 Å². The molecule has 168 valence electrons. The van der Waals surface area contributed by atoms with Crippen molar-refractivity contribution in [2.75, 3.05) is 19.8 Å². The molecule has 0 aliphatic carbocycles. The van der Waals surface area contributed by atoms with Gasteiger partial charge in [0.2, 0.25) is 0 Å². The number of nitrogens with two attached hydrogens (primary N) is 1. The van der Waals surface area contributed by atoms with Gasteiger partial charge in [0, 0.05) is 0 Å². The molecule has 0 heterocycles. The van der Waals surface area contributed by atoms with Crippen LogP contribution in [-0.4, -0.2) is 19.8 Å². The van der Waals surface area contributed by atoms with Gasteiger partial charge in [-0.05, 0) is 43.5 Å². The molecule has 0 amide bonds. The lowest BCUT2D eigenvalue weighted by molar-refractivity contribution is 0.258. The van der Waals surface area contributed by atoms with Crippen LogP contribution in [0, 0.1) is 0 Å². The van der Waals surface area contributed by atoms with E-state index in [1.807, 2.05) is 0 Å². The summed E-state index contributed by atoms with van der Waals surface area (Å²) in [5.74, 6) is 1.78. The normalized spacial score (nSPS) is 11.0. The van der Waals surface area contributed by atoms with Gasteiger partial charge in [-0.2, -0.15) is 0 Å². The van der Waals surface area contributed by atoms with Gasteiger partial charge in [-0.3, -0.25) is 0 Å². The second kappa shape index (κ2) is 18.8. The molecule has 0 saturated heterocycles. The van der Waals surface area contributed by atoms with E-state index in [2.05, 4.69) is 32.0 Å². The quantitative estimate of drug-likeness (QED) is 0.229. The first kappa shape index (κ1) is 25.8. The Kier molecular flexibility index (Phi) is 16.7. The fourth-order valence-corrected chi connectivity index (χ4v) is 3.59. The van der Waals surface area contributed by atoms with Crippen molar-refractivity contribution < 1.29 is 9.47 Å². The fourth-order valence-electron chi connectivity index (χ4n) is 3.59. The fraction of sp³-hybridized carbons (Fsp3) is 0.769. The lowest BCUT2D eigenvalue weighted by Crippen LogP contribution is -2.06. The first-order valence-electron chi connectivity index (χ1n) is 12.4. The standard InChI is InChI=1S/C26H47NO2/c1-3-5-7-9-11-13-15-21-28-25-18-17-24(19-20-27)23-26(25)29-22-16-14-12-10-8-6-4-2/h17-18,23H,3-16,19-22,27H2,1-2H3. The zero-order chi connectivity index (χ0) is 21.0. The summed E-state index contributed by atoms with van der Waals surface area (Å²) in [5.41, 5.74) is 6.95. The van der Waals surface area contributed by atoms with Gasteiger partial charge in [-0.1, -0.05) is 97.0 Å². The summed E-state index contributed by atoms with van der Waals surface area (Å²) in [6.07, 6.45) is 19.1. The summed E-state index contributed by atoms with van der Waals surface area (Å²) in [5, 5.41) is 0. The monoisotopic (exact) mass is 405 g/mol. The SMILES string of the molecule is CCCCCCCCCOc1ccc(CCN)cc1OCCCCCCCCC. The maximum atomic E-state index is 6.11. The van der Waals surface area contributed by atoms with Crippen molar-refractivity contribution in [3.05, 3.63) is 23.8 Å². The molecule has 1 rings (SSSR count). The molecule has 0 aliphatic rings. The summed E-state index contributed by atoms with van der Waals surface area (Å²) >= 11 is 0. The Morgan fingerprint density at radius 1 is 0.621 bits per heavy atom. The van der Waals surface area contributed by atoms with E-state index in [1.54, 1.807) is 0 Å². The molecular formula is C26H47NO2. The van der Waals surface area contributed by atoms with Crippen LogP contribution in [0.2, 0.25) is 0 Å². The second-order valence-electron chi connectivity index (χ2n) is 8.26. The largest absolute Gasteiger partial charge is 0.490 e. The summed E-state index contributed by atoms with van der Waals surface area (Å²) in [4.78, 5) is 0. The van der Waals surface area contributed by atoms with Crippen LogP contribution >= 0.6 is 0 Å². The summed E-state index contributed by atoms with van der Waals surface area (Å²) in [6, 6.07) is 6.30. The Morgan fingerprint density at radius 2 is 1.10 bits per heavy atom. The average molecular weight is 406 g/mol. The summed E-state index contributed by atoms with van der Waals surface area (Å²) in [7, 11) is 0. The van der Waals surface area contributed by atoms with E-state index in [-0.39, 0.29) is 0 Å². The Bertz CT molecular complexity index is 490. The number of ether oxygens (including phenoxy) is 2. The lowest BCUT2D eigenvalue weighted by Gasteiger charge is -2.14. The highest BCUT2D eigenvalue weighted by Crippen LogP contribution is 2.29. The lowest BCUT2D eigenvalue weighted by atomic mass is 10.1. The maximum Gasteiger partial charge on any atom is 0.161 e. The average Bonchev–Trinajstić information content (AvgIpc) is 2.73. The van der Waals surface area contributed by atoms with Crippen molar-refractivity contribution in [3.8, 4) is 11.5 Å². The smallest absolute Gasteiger partial charge is 0.161 e. The Balaban J connectivity index is 2.32. The molecule has 3 nitrogen and oxygen atoms in total. The number of benzene rings is 1. The molecule has 1 aromatic rings. The van der Waals surface area contributed by atoms with Crippen molar-refractivity contribution in [2.45, 2.75) is 110 Å². The van der Waals surface area contributed by atoms with Crippen molar-refractivity contribution in [1.29, 1.82) is 0 Å². The zero-order valence-electron chi connectivity index (χ0n) is 19.4. The molecular weight excluding hydrogens is 358 g/mol. The molecule has 0 fully saturated rings. The molecule has 0 radical (unpaired) electrons. The van der Waals surface area contributed by atoms with Gasteiger partial charge in [-0.15, -0.1) is 0 Å². The van der Waals surface area contributed by atoms with E-state index in [4.69, 9.17) is 15.2 Å². The van der Waals surface area contributed by atoms with E-state index in [0.717, 1.165) is 44.0 Å². The Labute approximate surface area is 180 Å². The number of hydrogen-bond donors (Lipinski definition) is 1. The van der Waals surface area contributed by atoms with E-state index in [0.29, 0.717) is 6.54 Å². The van der Waals surface area contributed by atoms with Crippen molar-refractivity contribution in [1.82, 2.24) is 0 Å². The minimum atomic E-state index is 0.662. The van der Waals surface area contributed by atoms with Gasteiger partial charge in [0.1, 0.15) is 0 Å². The van der Waals surface area contributed by atoms with Gasteiger partial charge < -0.3 is 15.2 Å². The molecule has 0 bridgehead atoms. The third-order valence-electron chi connectivity index (χ3n) is 5.45. The van der Waals surface area contributed by atoms with Gasteiger partial charge in [0.15, 0.2) is 11.5 Å². The van der Waals surface area contributed by atoms with Crippen LogP contribution in [-0.2, 0) is 6.42 Å². The predicted molar refractivity (Wildman–Crippen MR) is 126 cm³/mol. The number of unbranched alkanes of at least 4 members (excludes halogenated alkanes) is 12. The molecule has 0 aliphatic heterocycles. The van der Waals surface area contributed by atoms with E-state index >= 15 is 0 Å². The zero-order valence-corrected chi connectivity index (χ0v) is 19.4. The molecule has 3 heteroatoms. The van der Waals surface area contributed by atoms with Crippen molar-refractivity contribution in [2.24, 2.45) is 5.73 Å². The maximum absolute atomic E-state index is 6.11. The number of rotatable bonds is 20. The van der Waals surface area contributed by atoms with Crippen molar-refractivity contribution in [3.63, 3.8) is 0 Å². The highest BCUT2D eigenvalue weighted by molar-refractivity contribution is 5.43. The molecule has 0 saturated carbocycles. The van der Waals surface area contributed by atoms with Gasteiger partial charge in [0.05, 0.1) is 13.2 Å². The minimum absolute atomic E-state index is 0.662. The summed E-state index contributed by atoms with van der Waals surface area (Å²) in [6.45, 7) is 6.74. The predicted octanol–water partition coefficient (Wildman–Crippen LogP) is 7.45. The first-order chi connectivity index (χ1) is 14.3. The molecule has 0 unspecified atom stereocenters. The molecule has 2 N–H and O–H groups in total. The van der Waals surface area contributed by atoms with Gasteiger partial charge in [-0.25, -0.2) is 0 Å². The summed E-state index contributed by atoms with van der Waals surface area (Å²) < 4.78 is 12.2. The molecule has 1 aromatic carbocycles. The van der Waals surface area contributed by atoms with Crippen LogP contribution in [0.5, 0.6) is 11.5 Å². The molecule has 0 atom stereocenters. The third-order valence-corrected chi connectivity index (χ3v) is 5.45. The van der Waals surface area contributed by atoms with Crippen LogP contribution in [0.15, 0.2) is 18.2 Å². The van der Waals surface area contributed by atoms with E-state index in [1.165, 1.54) is 82.6 Å². The minimum Gasteiger partial charge on any atom is -0.490 e. The van der Waals surface area contributed by atoms with Crippen LogP contribution in [0.4, 0.5) is 0 Å². The third kappa shape index (κ3) is 13.6. The number of hydrogen-bond acceptors (Lipinski definition) is 3. The van der Waals surface area contributed by atoms with Crippen LogP contribution in [0.25, 0.3) is 0 Å². The molecule has 29 heavy (non-hydrogen) atoms.